The van der Waals surface area contributed by atoms with Crippen molar-refractivity contribution in [2.24, 2.45) is 5.92 Å². The molecule has 0 heterocycles. The number of nitrogens with zero attached hydrogens (tertiary/aromatic N) is 1. The summed E-state index contributed by atoms with van der Waals surface area (Å²) in [5.74, 6) is -0.494. The molecule has 1 fully saturated rings. The molecule has 0 bridgehead atoms. The molecule has 1 aromatic rings. The summed E-state index contributed by atoms with van der Waals surface area (Å²) >= 11 is 3.35. The highest BCUT2D eigenvalue weighted by Gasteiger charge is 2.28. The van der Waals surface area contributed by atoms with Crippen LogP contribution in [0, 0.1) is 5.92 Å². The van der Waals surface area contributed by atoms with E-state index >= 15 is 0 Å². The molecule has 0 radical (unpaired) electrons. The van der Waals surface area contributed by atoms with Crippen molar-refractivity contribution in [1.29, 1.82) is 0 Å². The van der Waals surface area contributed by atoms with Gasteiger partial charge in [-0.3, -0.25) is 4.79 Å². The summed E-state index contributed by atoms with van der Waals surface area (Å²) in [6.07, 6.45) is 9.34. The highest BCUT2D eigenvalue weighted by molar-refractivity contribution is 9.10. The van der Waals surface area contributed by atoms with Crippen molar-refractivity contribution in [2.45, 2.75) is 64.7 Å². The minimum Gasteiger partial charge on any atom is -0.333 e. The van der Waals surface area contributed by atoms with Crippen molar-refractivity contribution in [3.8, 4) is 0 Å². The molecule has 4 nitrogen and oxygen atoms in total. The number of hydrogen-bond donors (Lipinski definition) is 0. The van der Waals surface area contributed by atoms with Crippen LogP contribution in [0.2, 0.25) is 0 Å². The lowest BCUT2D eigenvalue weighted by molar-refractivity contribution is -0.173. The van der Waals surface area contributed by atoms with Crippen LogP contribution in [-0.4, -0.2) is 23.5 Å². The molecule has 0 aromatic heterocycles. The minimum atomic E-state index is -0.466. The van der Waals surface area contributed by atoms with Crippen molar-refractivity contribution in [3.63, 3.8) is 0 Å². The molecule has 0 aliphatic heterocycles. The van der Waals surface area contributed by atoms with Crippen LogP contribution in [0.15, 0.2) is 28.7 Å². The summed E-state index contributed by atoms with van der Waals surface area (Å²) < 4.78 is 0.902. The van der Waals surface area contributed by atoms with E-state index in [9.17, 15) is 9.59 Å². The summed E-state index contributed by atoms with van der Waals surface area (Å²) in [5.41, 5.74) is 0.457. The molecule has 25 heavy (non-hydrogen) atoms. The molecule has 1 aliphatic rings. The Morgan fingerprint density at radius 2 is 1.76 bits per heavy atom. The maximum Gasteiger partial charge on any atom is 0.363 e. The van der Waals surface area contributed by atoms with Gasteiger partial charge in [0.15, 0.2) is 0 Å². The number of carbonyl (C=O) groups excluding carboxylic acids is 2. The monoisotopic (exact) mass is 409 g/mol. The molecule has 0 N–H and O–H groups in total. The first kappa shape index (κ1) is 20.0. The molecule has 0 atom stereocenters. The second kappa shape index (κ2) is 10.6. The van der Waals surface area contributed by atoms with E-state index in [1.165, 1.54) is 11.5 Å². The third-order valence-corrected chi connectivity index (χ3v) is 5.22. The van der Waals surface area contributed by atoms with E-state index in [1.54, 1.807) is 24.3 Å². The summed E-state index contributed by atoms with van der Waals surface area (Å²) in [6, 6.07) is 7.00. The van der Waals surface area contributed by atoms with Gasteiger partial charge in [-0.1, -0.05) is 61.4 Å². The molecule has 0 unspecified atom stereocenters. The first-order chi connectivity index (χ1) is 12.1. The first-order valence-electron chi connectivity index (χ1n) is 9.41. The van der Waals surface area contributed by atoms with Gasteiger partial charge in [0.05, 0.1) is 12.1 Å². The summed E-state index contributed by atoms with van der Waals surface area (Å²) in [5, 5.41) is 1.33. The molecule has 0 spiro atoms. The Morgan fingerprint density at radius 3 is 2.40 bits per heavy atom. The molecular weight excluding hydrogens is 382 g/mol. The van der Waals surface area contributed by atoms with Crippen LogP contribution in [-0.2, 0) is 9.63 Å². The SMILES string of the molecule is CCCCCCN(OC(=O)c1ccc(Br)cc1)C(=O)C1CCCCC1. The third-order valence-electron chi connectivity index (χ3n) is 4.69. The lowest BCUT2D eigenvalue weighted by atomic mass is 9.88. The standard InChI is InChI=1S/C20H28BrNO3/c1-2-3-4-8-15-22(19(23)16-9-6-5-7-10-16)25-20(24)17-11-13-18(21)14-12-17/h11-14,16H,2-10,15H2,1H3. The number of amides is 1. The molecular formula is C20H28BrNO3. The smallest absolute Gasteiger partial charge is 0.333 e. The van der Waals surface area contributed by atoms with E-state index in [0.29, 0.717) is 12.1 Å². The Morgan fingerprint density at radius 1 is 1.08 bits per heavy atom. The van der Waals surface area contributed by atoms with Crippen LogP contribution in [0.25, 0.3) is 0 Å². The van der Waals surface area contributed by atoms with Gasteiger partial charge in [-0.05, 0) is 43.5 Å². The van der Waals surface area contributed by atoms with Gasteiger partial charge in [-0.2, -0.15) is 5.06 Å². The Hall–Kier alpha value is -1.36. The maximum atomic E-state index is 12.8. The van der Waals surface area contributed by atoms with E-state index < -0.39 is 5.97 Å². The van der Waals surface area contributed by atoms with Crippen LogP contribution in [0.3, 0.4) is 0 Å². The molecule has 5 heteroatoms. The van der Waals surface area contributed by atoms with Crippen LogP contribution < -0.4 is 0 Å². The average molecular weight is 410 g/mol. The molecule has 1 saturated carbocycles. The van der Waals surface area contributed by atoms with Crippen molar-refractivity contribution >= 4 is 27.8 Å². The Balaban J connectivity index is 2.00. The Bertz CT molecular complexity index is 553. The average Bonchev–Trinajstić information content (AvgIpc) is 2.64. The van der Waals surface area contributed by atoms with E-state index in [-0.39, 0.29) is 11.8 Å². The van der Waals surface area contributed by atoms with Crippen molar-refractivity contribution in [3.05, 3.63) is 34.3 Å². The van der Waals surface area contributed by atoms with Gasteiger partial charge in [0.2, 0.25) is 0 Å². The molecule has 2 rings (SSSR count). The normalized spacial score (nSPS) is 15.0. The fourth-order valence-corrected chi connectivity index (χ4v) is 3.44. The summed E-state index contributed by atoms with van der Waals surface area (Å²) in [6.45, 7) is 2.64. The summed E-state index contributed by atoms with van der Waals surface area (Å²) in [7, 11) is 0. The molecule has 1 aliphatic carbocycles. The van der Waals surface area contributed by atoms with Crippen molar-refractivity contribution < 1.29 is 14.4 Å². The summed E-state index contributed by atoms with van der Waals surface area (Å²) in [4.78, 5) is 30.7. The minimum absolute atomic E-state index is 0.00218. The Labute approximate surface area is 159 Å². The predicted octanol–water partition coefficient (Wildman–Crippen LogP) is 5.51. The van der Waals surface area contributed by atoms with E-state index in [4.69, 9.17) is 4.84 Å². The number of rotatable bonds is 7. The number of benzene rings is 1. The molecule has 138 valence electrons. The van der Waals surface area contributed by atoms with Gasteiger partial charge in [-0.15, -0.1) is 0 Å². The lowest BCUT2D eigenvalue weighted by Gasteiger charge is -2.28. The van der Waals surface area contributed by atoms with Gasteiger partial charge < -0.3 is 4.84 Å². The van der Waals surface area contributed by atoms with Gasteiger partial charge in [0, 0.05) is 10.4 Å². The zero-order valence-corrected chi connectivity index (χ0v) is 16.6. The van der Waals surface area contributed by atoms with Crippen molar-refractivity contribution in [1.82, 2.24) is 5.06 Å². The second-order valence-corrected chi connectivity index (χ2v) is 7.64. The predicted molar refractivity (Wildman–Crippen MR) is 102 cm³/mol. The first-order valence-corrected chi connectivity index (χ1v) is 10.2. The van der Waals surface area contributed by atoms with E-state index in [0.717, 1.165) is 55.8 Å². The number of unbranched alkanes of at least 4 members (excludes halogenated alkanes) is 3. The molecule has 1 amide bonds. The maximum absolute atomic E-state index is 12.8. The largest absolute Gasteiger partial charge is 0.363 e. The lowest BCUT2D eigenvalue weighted by Crippen LogP contribution is -2.39. The Kier molecular flexibility index (Phi) is 8.45. The van der Waals surface area contributed by atoms with Gasteiger partial charge in [0.1, 0.15) is 0 Å². The fraction of sp³-hybridized carbons (Fsp3) is 0.600. The van der Waals surface area contributed by atoms with E-state index in [2.05, 4.69) is 22.9 Å². The van der Waals surface area contributed by atoms with Crippen LogP contribution in [0.4, 0.5) is 0 Å². The number of carbonyl (C=O) groups is 2. The number of hydroxylamine groups is 2. The highest BCUT2D eigenvalue weighted by atomic mass is 79.9. The van der Waals surface area contributed by atoms with Gasteiger partial charge in [-0.25, -0.2) is 4.79 Å². The zero-order valence-electron chi connectivity index (χ0n) is 15.0. The fourth-order valence-electron chi connectivity index (χ4n) is 3.17. The van der Waals surface area contributed by atoms with Crippen molar-refractivity contribution in [2.75, 3.05) is 6.54 Å². The van der Waals surface area contributed by atoms with Gasteiger partial charge >= 0.3 is 5.97 Å². The van der Waals surface area contributed by atoms with Crippen LogP contribution >= 0.6 is 15.9 Å². The molecule has 0 saturated heterocycles. The highest BCUT2D eigenvalue weighted by Crippen LogP contribution is 2.26. The van der Waals surface area contributed by atoms with Crippen LogP contribution in [0.1, 0.15) is 75.1 Å². The van der Waals surface area contributed by atoms with Crippen LogP contribution in [0.5, 0.6) is 0 Å². The topological polar surface area (TPSA) is 46.6 Å². The zero-order chi connectivity index (χ0) is 18.1. The second-order valence-electron chi connectivity index (χ2n) is 6.72. The quantitative estimate of drug-likeness (QED) is 0.440. The van der Waals surface area contributed by atoms with E-state index in [1.807, 2.05) is 0 Å². The molecule has 1 aromatic carbocycles. The number of halogens is 1. The van der Waals surface area contributed by atoms with Gasteiger partial charge in [0.25, 0.3) is 5.91 Å². The third kappa shape index (κ3) is 6.46. The number of hydrogen-bond acceptors (Lipinski definition) is 3.